The summed E-state index contributed by atoms with van der Waals surface area (Å²) in [4.78, 5) is 21.2. The van der Waals surface area contributed by atoms with Crippen molar-refractivity contribution in [1.29, 1.82) is 0 Å². The fourth-order valence-electron chi connectivity index (χ4n) is 3.51. The number of rotatable bonds is 12. The van der Waals surface area contributed by atoms with Gasteiger partial charge in [-0.1, -0.05) is 57.0 Å². The molecule has 0 saturated carbocycles. The van der Waals surface area contributed by atoms with E-state index in [1.54, 1.807) is 32.2 Å². The van der Waals surface area contributed by atoms with Gasteiger partial charge in [-0.2, -0.15) is 0 Å². The van der Waals surface area contributed by atoms with Crippen LogP contribution in [0.15, 0.2) is 24.4 Å². The third kappa shape index (κ3) is 7.30. The van der Waals surface area contributed by atoms with E-state index in [4.69, 9.17) is 32.2 Å². The summed E-state index contributed by atoms with van der Waals surface area (Å²) in [5, 5.41) is 3.95. The van der Waals surface area contributed by atoms with Gasteiger partial charge in [0.2, 0.25) is 5.91 Å². The topological polar surface area (TPSA) is 93.3 Å². The zero-order valence-electron chi connectivity index (χ0n) is 20.0. The second-order valence-corrected chi connectivity index (χ2v) is 11.6. The Morgan fingerprint density at radius 3 is 2.27 bits per heavy atom. The van der Waals surface area contributed by atoms with Gasteiger partial charge in [-0.3, -0.25) is 9.36 Å². The first-order valence-electron chi connectivity index (χ1n) is 11.2. The van der Waals surface area contributed by atoms with Crippen LogP contribution in [0.2, 0.25) is 10.0 Å². The normalized spacial score (nSPS) is 14.0. The van der Waals surface area contributed by atoms with Crippen LogP contribution in [-0.2, 0) is 18.4 Å². The molecule has 0 aliphatic heterocycles. The van der Waals surface area contributed by atoms with Gasteiger partial charge in [0.25, 0.3) is 0 Å². The first-order valence-corrected chi connectivity index (χ1v) is 13.6. The van der Waals surface area contributed by atoms with Crippen molar-refractivity contribution in [2.24, 2.45) is 11.8 Å². The Morgan fingerprint density at radius 2 is 1.76 bits per heavy atom. The Hall–Kier alpha value is -1.37. The van der Waals surface area contributed by atoms with Gasteiger partial charge in [-0.05, 0) is 44.2 Å². The minimum atomic E-state index is -3.64. The highest BCUT2D eigenvalue weighted by atomic mass is 35.5. The van der Waals surface area contributed by atoms with E-state index in [1.807, 2.05) is 33.8 Å². The van der Waals surface area contributed by atoms with Crippen molar-refractivity contribution >= 4 is 36.7 Å². The summed E-state index contributed by atoms with van der Waals surface area (Å²) < 4.78 is 24.5. The van der Waals surface area contributed by atoms with Crippen molar-refractivity contribution in [1.82, 2.24) is 15.3 Å². The predicted octanol–water partition coefficient (Wildman–Crippen LogP) is 6.88. The number of benzene rings is 1. The second-order valence-electron chi connectivity index (χ2n) is 8.56. The average molecular weight is 518 g/mol. The van der Waals surface area contributed by atoms with E-state index < -0.39 is 19.3 Å². The first-order chi connectivity index (χ1) is 15.5. The standard InChI is InChI=1S/C23H34Cl2N3O4P/c1-7-31-33(30,32-8-2)20(11-14(3)4)23(29)28-21(15(5)6)22-26-13-19(27-22)16-9-10-17(24)18(25)12-16/h9-10,12-15,20-21H,7-8,11H2,1-6H3,(H,26,27)(H,28,29)/t20?,21-/m0/s1. The average Bonchev–Trinajstić information content (AvgIpc) is 3.21. The molecule has 1 amide bonds. The molecular formula is C23H34Cl2N3O4P. The predicted molar refractivity (Wildman–Crippen MR) is 134 cm³/mol. The first kappa shape index (κ1) is 27.9. The largest absolute Gasteiger partial charge is 0.345 e. The van der Waals surface area contributed by atoms with Crippen LogP contribution in [0.3, 0.4) is 0 Å². The summed E-state index contributed by atoms with van der Waals surface area (Å²) in [7, 11) is -3.64. The zero-order chi connectivity index (χ0) is 24.8. The van der Waals surface area contributed by atoms with E-state index in [2.05, 4.69) is 15.3 Å². The fourth-order valence-corrected chi connectivity index (χ4v) is 6.00. The van der Waals surface area contributed by atoms with Crippen molar-refractivity contribution < 1.29 is 18.4 Å². The molecule has 0 aliphatic carbocycles. The SMILES string of the molecule is CCOP(=O)(OCC)C(CC(C)C)C(=O)N[C@H](c1ncc(-c2ccc(Cl)c(Cl)c2)[nH]1)C(C)C. The maximum Gasteiger partial charge on any atom is 0.343 e. The molecule has 0 bridgehead atoms. The molecule has 2 atom stereocenters. The van der Waals surface area contributed by atoms with Crippen LogP contribution in [0.1, 0.15) is 59.8 Å². The Balaban J connectivity index is 2.33. The molecule has 0 radical (unpaired) electrons. The number of nitrogens with zero attached hydrogens (tertiary/aromatic N) is 1. The lowest BCUT2D eigenvalue weighted by Gasteiger charge is -2.29. The van der Waals surface area contributed by atoms with E-state index in [9.17, 15) is 9.36 Å². The van der Waals surface area contributed by atoms with Crippen LogP contribution in [0.4, 0.5) is 0 Å². The molecule has 0 aliphatic rings. The maximum absolute atomic E-state index is 13.5. The van der Waals surface area contributed by atoms with E-state index >= 15 is 0 Å². The lowest BCUT2D eigenvalue weighted by molar-refractivity contribution is -0.122. The second kappa shape index (κ2) is 12.4. The molecule has 0 spiro atoms. The molecule has 1 heterocycles. The van der Waals surface area contributed by atoms with Gasteiger partial charge in [0.05, 0.1) is 41.2 Å². The number of carbonyl (C=O) groups excluding carboxylic acids is 1. The highest BCUT2D eigenvalue weighted by Crippen LogP contribution is 2.55. The lowest BCUT2D eigenvalue weighted by atomic mass is 10.0. The van der Waals surface area contributed by atoms with Gasteiger partial charge < -0.3 is 19.3 Å². The minimum Gasteiger partial charge on any atom is -0.345 e. The van der Waals surface area contributed by atoms with Crippen LogP contribution >= 0.6 is 30.8 Å². The Labute approximate surface area is 206 Å². The summed E-state index contributed by atoms with van der Waals surface area (Å²) in [6, 6.07) is 4.88. The van der Waals surface area contributed by atoms with Gasteiger partial charge in [-0.25, -0.2) is 4.98 Å². The maximum atomic E-state index is 13.5. The number of aromatic nitrogens is 2. The van der Waals surface area contributed by atoms with E-state index in [1.165, 1.54) is 0 Å². The number of halogens is 2. The number of aromatic amines is 1. The van der Waals surface area contributed by atoms with Crippen LogP contribution in [0.5, 0.6) is 0 Å². The molecule has 1 aromatic heterocycles. The van der Waals surface area contributed by atoms with Gasteiger partial charge in [-0.15, -0.1) is 0 Å². The van der Waals surface area contributed by atoms with Gasteiger partial charge in [0.15, 0.2) is 0 Å². The quantitative estimate of drug-likeness (QED) is 0.299. The molecule has 1 aromatic carbocycles. The summed E-state index contributed by atoms with van der Waals surface area (Å²) in [6.45, 7) is 11.8. The number of H-pyrrole nitrogens is 1. The van der Waals surface area contributed by atoms with E-state index in [0.29, 0.717) is 22.3 Å². The highest BCUT2D eigenvalue weighted by molar-refractivity contribution is 7.55. The van der Waals surface area contributed by atoms with Crippen LogP contribution in [0, 0.1) is 11.8 Å². The number of nitrogens with one attached hydrogen (secondary N) is 2. The summed E-state index contributed by atoms with van der Waals surface area (Å²) in [6.07, 6.45) is 2.06. The molecule has 2 aromatic rings. The number of hydrogen-bond acceptors (Lipinski definition) is 5. The Bertz CT molecular complexity index is 970. The van der Waals surface area contributed by atoms with Crippen molar-refractivity contribution in [2.45, 2.75) is 59.7 Å². The molecule has 7 nitrogen and oxygen atoms in total. The summed E-state index contributed by atoms with van der Waals surface area (Å²) in [5.41, 5.74) is 0.659. The molecule has 0 saturated heterocycles. The van der Waals surface area contributed by atoms with Crippen molar-refractivity contribution in [2.75, 3.05) is 13.2 Å². The highest BCUT2D eigenvalue weighted by Gasteiger charge is 2.42. The third-order valence-electron chi connectivity index (χ3n) is 5.08. The number of carbonyl (C=O) groups is 1. The van der Waals surface area contributed by atoms with Crippen molar-refractivity contribution in [3.63, 3.8) is 0 Å². The molecule has 33 heavy (non-hydrogen) atoms. The number of hydrogen-bond donors (Lipinski definition) is 2. The summed E-state index contributed by atoms with van der Waals surface area (Å²) in [5.74, 6) is 0.350. The van der Waals surface area contributed by atoms with Crippen molar-refractivity contribution in [3.8, 4) is 11.3 Å². The van der Waals surface area contributed by atoms with Crippen LogP contribution in [-0.4, -0.2) is 34.7 Å². The Kier molecular flexibility index (Phi) is 10.4. The lowest BCUT2D eigenvalue weighted by Crippen LogP contribution is -2.40. The molecule has 1 unspecified atom stereocenters. The Morgan fingerprint density at radius 1 is 1.12 bits per heavy atom. The molecule has 0 fully saturated rings. The molecule has 2 rings (SSSR count). The van der Waals surface area contributed by atoms with Gasteiger partial charge >= 0.3 is 7.60 Å². The smallest absolute Gasteiger partial charge is 0.343 e. The van der Waals surface area contributed by atoms with E-state index in [0.717, 1.165) is 11.3 Å². The van der Waals surface area contributed by atoms with Crippen molar-refractivity contribution in [3.05, 3.63) is 40.3 Å². The summed E-state index contributed by atoms with van der Waals surface area (Å²) >= 11 is 12.2. The third-order valence-corrected chi connectivity index (χ3v) is 8.27. The molecule has 2 N–H and O–H groups in total. The van der Waals surface area contributed by atoms with Crippen LogP contribution in [0.25, 0.3) is 11.3 Å². The molecule has 10 heteroatoms. The monoisotopic (exact) mass is 517 g/mol. The number of amides is 1. The zero-order valence-corrected chi connectivity index (χ0v) is 22.4. The minimum absolute atomic E-state index is 0.0139. The van der Waals surface area contributed by atoms with Gasteiger partial charge in [0.1, 0.15) is 11.5 Å². The molecule has 184 valence electrons. The van der Waals surface area contributed by atoms with Crippen LogP contribution < -0.4 is 5.32 Å². The fraction of sp³-hybridized carbons (Fsp3) is 0.565. The van der Waals surface area contributed by atoms with E-state index in [-0.39, 0.29) is 31.0 Å². The molecular weight excluding hydrogens is 484 g/mol. The number of imidazole rings is 1. The van der Waals surface area contributed by atoms with Gasteiger partial charge in [0, 0.05) is 5.56 Å².